The molecule has 27 heavy (non-hydrogen) atoms. The number of rotatable bonds is 7. The van der Waals surface area contributed by atoms with Crippen LogP contribution >= 0.6 is 0 Å². The number of benzene rings is 3. The van der Waals surface area contributed by atoms with Crippen molar-refractivity contribution >= 4 is 0 Å². The summed E-state index contributed by atoms with van der Waals surface area (Å²) < 4.78 is 0. The number of nitrogens with one attached hydrogen (secondary N) is 1. The zero-order chi connectivity index (χ0) is 19.4. The van der Waals surface area contributed by atoms with Crippen molar-refractivity contribution < 1.29 is 0 Å². The van der Waals surface area contributed by atoms with Crippen LogP contribution in [0.15, 0.2) is 91.0 Å². The minimum atomic E-state index is -0.121. The molecule has 0 bridgehead atoms. The third-order valence-electron chi connectivity index (χ3n) is 4.91. The summed E-state index contributed by atoms with van der Waals surface area (Å²) in [5, 5.41) is 3.28. The van der Waals surface area contributed by atoms with Gasteiger partial charge in [0.05, 0.1) is 0 Å². The summed E-state index contributed by atoms with van der Waals surface area (Å²) >= 11 is 0. The Hall–Kier alpha value is -2.38. The molecule has 1 N–H and O–H groups in total. The predicted octanol–water partition coefficient (Wildman–Crippen LogP) is 6.44. The molecule has 3 aromatic carbocycles. The topological polar surface area (TPSA) is 12.0 Å². The van der Waals surface area contributed by atoms with E-state index in [9.17, 15) is 0 Å². The van der Waals surface area contributed by atoms with Crippen LogP contribution in [0.2, 0.25) is 0 Å². The van der Waals surface area contributed by atoms with E-state index in [1.165, 1.54) is 42.6 Å². The quantitative estimate of drug-likeness (QED) is 0.378. The highest BCUT2D eigenvalue weighted by Crippen LogP contribution is 2.38. The van der Waals surface area contributed by atoms with Gasteiger partial charge in [-0.3, -0.25) is 0 Å². The van der Waals surface area contributed by atoms with Gasteiger partial charge in [0, 0.05) is 5.41 Å². The van der Waals surface area contributed by atoms with Gasteiger partial charge in [-0.15, -0.1) is 0 Å². The van der Waals surface area contributed by atoms with Crippen LogP contribution in [-0.2, 0) is 5.41 Å². The molecule has 0 fully saturated rings. The number of hydrogen-bond acceptors (Lipinski definition) is 1. The molecule has 1 heteroatoms. The molecule has 0 aliphatic rings. The van der Waals surface area contributed by atoms with Crippen LogP contribution in [0, 0.1) is 0 Å². The van der Waals surface area contributed by atoms with Crippen molar-refractivity contribution in [3.05, 3.63) is 108 Å². The molecule has 0 aliphatic heterocycles. The minimum Gasteiger partial charge on any atom is -0.317 e. The lowest BCUT2D eigenvalue weighted by Crippen LogP contribution is -2.25. The lowest BCUT2D eigenvalue weighted by atomic mass is 9.71. The first-order valence-corrected chi connectivity index (χ1v) is 10.1. The van der Waals surface area contributed by atoms with Crippen LogP contribution in [-0.4, -0.2) is 13.1 Å². The fourth-order valence-corrected chi connectivity index (χ4v) is 3.29. The Kier molecular flexibility index (Phi) is 8.80. The molecule has 0 amide bonds. The Labute approximate surface area is 165 Å². The second-order valence-electron chi connectivity index (χ2n) is 6.97. The van der Waals surface area contributed by atoms with Gasteiger partial charge in [0.15, 0.2) is 0 Å². The Morgan fingerprint density at radius 3 is 1.11 bits per heavy atom. The molecule has 1 nitrogen and oxygen atoms in total. The molecular weight excluding hydrogens is 326 g/mol. The molecule has 0 unspecified atom stereocenters. The van der Waals surface area contributed by atoms with E-state index in [4.69, 9.17) is 0 Å². The maximum atomic E-state index is 3.28. The SMILES string of the molecule is CC(c1ccccc1)(c1ccccc1)c1ccccc1.CCCNCCC. The second-order valence-corrected chi connectivity index (χ2v) is 6.97. The standard InChI is InChI=1S/C20H18.C6H15N/c1-20(17-11-5-2-6-12-17,18-13-7-3-8-14-18)19-15-9-4-10-16-19;1-3-5-7-6-4-2/h2-16H,1H3;7H,3-6H2,1-2H3. The zero-order valence-corrected chi connectivity index (χ0v) is 17.0. The molecule has 0 aliphatic carbocycles. The third kappa shape index (κ3) is 5.80. The van der Waals surface area contributed by atoms with Crippen molar-refractivity contribution in [1.82, 2.24) is 5.32 Å². The van der Waals surface area contributed by atoms with E-state index in [1.54, 1.807) is 0 Å². The zero-order valence-electron chi connectivity index (χ0n) is 17.0. The predicted molar refractivity (Wildman–Crippen MR) is 118 cm³/mol. The van der Waals surface area contributed by atoms with Crippen molar-refractivity contribution in [3.8, 4) is 0 Å². The molecular formula is C26H33N. The Balaban J connectivity index is 0.000000321. The molecule has 0 heterocycles. The fourth-order valence-electron chi connectivity index (χ4n) is 3.29. The monoisotopic (exact) mass is 359 g/mol. The summed E-state index contributed by atoms with van der Waals surface area (Å²) in [5.74, 6) is 0. The first-order chi connectivity index (χ1) is 13.2. The van der Waals surface area contributed by atoms with Crippen LogP contribution in [0.4, 0.5) is 0 Å². The maximum absolute atomic E-state index is 3.28. The van der Waals surface area contributed by atoms with Crippen LogP contribution in [0.1, 0.15) is 50.3 Å². The molecule has 0 saturated carbocycles. The van der Waals surface area contributed by atoms with Gasteiger partial charge in [-0.2, -0.15) is 0 Å². The highest BCUT2D eigenvalue weighted by molar-refractivity contribution is 5.49. The minimum absolute atomic E-state index is 0.121. The van der Waals surface area contributed by atoms with Gasteiger partial charge in [-0.05, 0) is 49.5 Å². The first-order valence-electron chi connectivity index (χ1n) is 10.1. The smallest absolute Gasteiger partial charge is 0.0423 e. The number of hydrogen-bond donors (Lipinski definition) is 1. The van der Waals surface area contributed by atoms with Crippen LogP contribution < -0.4 is 5.32 Å². The van der Waals surface area contributed by atoms with Crippen molar-refractivity contribution in [2.45, 2.75) is 39.0 Å². The van der Waals surface area contributed by atoms with Gasteiger partial charge in [-0.25, -0.2) is 0 Å². The fraction of sp³-hybridized carbons (Fsp3) is 0.308. The largest absolute Gasteiger partial charge is 0.317 e. The van der Waals surface area contributed by atoms with E-state index >= 15 is 0 Å². The van der Waals surface area contributed by atoms with Crippen molar-refractivity contribution in [3.63, 3.8) is 0 Å². The van der Waals surface area contributed by atoms with E-state index in [-0.39, 0.29) is 5.41 Å². The van der Waals surface area contributed by atoms with Gasteiger partial charge in [0.25, 0.3) is 0 Å². The first kappa shape index (κ1) is 20.9. The molecule has 0 atom stereocenters. The van der Waals surface area contributed by atoms with E-state index in [0.717, 1.165) is 0 Å². The lowest BCUT2D eigenvalue weighted by Gasteiger charge is -2.31. The van der Waals surface area contributed by atoms with Gasteiger partial charge < -0.3 is 5.32 Å². The summed E-state index contributed by atoms with van der Waals surface area (Å²) in [4.78, 5) is 0. The summed E-state index contributed by atoms with van der Waals surface area (Å²) in [7, 11) is 0. The lowest BCUT2D eigenvalue weighted by molar-refractivity contribution is 0.662. The van der Waals surface area contributed by atoms with Crippen LogP contribution in [0.3, 0.4) is 0 Å². The van der Waals surface area contributed by atoms with Gasteiger partial charge in [0.2, 0.25) is 0 Å². The van der Waals surface area contributed by atoms with E-state index in [0.29, 0.717) is 0 Å². The van der Waals surface area contributed by atoms with E-state index in [1.807, 2.05) is 0 Å². The van der Waals surface area contributed by atoms with E-state index in [2.05, 4.69) is 117 Å². The van der Waals surface area contributed by atoms with Crippen LogP contribution in [0.5, 0.6) is 0 Å². The summed E-state index contributed by atoms with van der Waals surface area (Å²) in [5.41, 5.74) is 3.83. The van der Waals surface area contributed by atoms with Gasteiger partial charge in [0.1, 0.15) is 0 Å². The third-order valence-corrected chi connectivity index (χ3v) is 4.91. The molecule has 0 aromatic heterocycles. The van der Waals surface area contributed by atoms with Crippen molar-refractivity contribution in [2.75, 3.05) is 13.1 Å². The molecule has 0 radical (unpaired) electrons. The van der Waals surface area contributed by atoms with Gasteiger partial charge >= 0.3 is 0 Å². The Morgan fingerprint density at radius 1 is 0.556 bits per heavy atom. The summed E-state index contributed by atoms with van der Waals surface area (Å²) in [6.45, 7) is 9.01. The molecule has 3 rings (SSSR count). The molecule has 3 aromatic rings. The van der Waals surface area contributed by atoms with Gasteiger partial charge in [-0.1, -0.05) is 105 Å². The Morgan fingerprint density at radius 2 is 0.852 bits per heavy atom. The maximum Gasteiger partial charge on any atom is 0.0423 e. The Bertz CT molecular complexity index is 634. The summed E-state index contributed by atoms with van der Waals surface area (Å²) in [6, 6.07) is 32.1. The van der Waals surface area contributed by atoms with Crippen molar-refractivity contribution in [2.24, 2.45) is 0 Å². The van der Waals surface area contributed by atoms with Crippen LogP contribution in [0.25, 0.3) is 0 Å². The molecule has 142 valence electrons. The highest BCUT2D eigenvalue weighted by atomic mass is 14.8. The van der Waals surface area contributed by atoms with E-state index < -0.39 is 0 Å². The normalized spacial score (nSPS) is 10.8. The molecule has 0 spiro atoms. The summed E-state index contributed by atoms with van der Waals surface area (Å²) in [6.07, 6.45) is 2.50. The average Bonchev–Trinajstić information content (AvgIpc) is 2.76. The average molecular weight is 360 g/mol. The second kappa shape index (κ2) is 11.4. The van der Waals surface area contributed by atoms with Crippen molar-refractivity contribution in [1.29, 1.82) is 0 Å². The molecule has 0 saturated heterocycles. The highest BCUT2D eigenvalue weighted by Gasteiger charge is 2.30.